The van der Waals surface area contributed by atoms with Gasteiger partial charge in [0.1, 0.15) is 0 Å². The van der Waals surface area contributed by atoms with Crippen LogP contribution >= 0.6 is 11.8 Å². The molecule has 2 heterocycles. The first-order chi connectivity index (χ1) is 13.5. The second-order valence-corrected chi connectivity index (χ2v) is 7.91. The van der Waals surface area contributed by atoms with Crippen LogP contribution in [0.3, 0.4) is 0 Å². The Morgan fingerprint density at radius 1 is 1.00 bits per heavy atom. The number of hydrogen-bond donors (Lipinski definition) is 0. The summed E-state index contributed by atoms with van der Waals surface area (Å²) in [7, 11) is 3.17. The first kappa shape index (κ1) is 18.6. The second-order valence-electron chi connectivity index (χ2n) is 6.85. The van der Waals surface area contributed by atoms with E-state index in [1.807, 2.05) is 22.8 Å². The summed E-state index contributed by atoms with van der Waals surface area (Å²) < 4.78 is 4.56. The number of benzene rings is 2. The number of nitrogens with zero attached hydrogens (tertiary/aromatic N) is 4. The Morgan fingerprint density at radius 2 is 1.75 bits per heavy atom. The van der Waals surface area contributed by atoms with E-state index in [9.17, 15) is 9.59 Å². The Morgan fingerprint density at radius 3 is 2.54 bits per heavy atom. The molecule has 0 N–H and O–H groups in total. The standard InChI is InChI=1S/C21H22N4O2S/c1-4-12-28-20-22-18-17(19(26)24(3)21(27)23(18)2)25(20)13-15-10-7-9-14-8-5-6-11-16(14)15/h5-11H,4,12-13H2,1-3H3. The zero-order chi connectivity index (χ0) is 19.8. The van der Waals surface area contributed by atoms with Gasteiger partial charge in [-0.05, 0) is 22.8 Å². The van der Waals surface area contributed by atoms with Crippen LogP contribution in [0.4, 0.5) is 0 Å². The van der Waals surface area contributed by atoms with Crippen LogP contribution in [-0.4, -0.2) is 24.4 Å². The number of thioether (sulfide) groups is 1. The van der Waals surface area contributed by atoms with Gasteiger partial charge in [-0.3, -0.25) is 13.9 Å². The smallest absolute Gasteiger partial charge is 0.309 e. The van der Waals surface area contributed by atoms with Crippen LogP contribution in [0.1, 0.15) is 18.9 Å². The highest BCUT2D eigenvalue weighted by molar-refractivity contribution is 7.99. The van der Waals surface area contributed by atoms with Crippen LogP contribution in [-0.2, 0) is 20.6 Å². The Kier molecular flexibility index (Phi) is 4.85. The average Bonchev–Trinajstić information content (AvgIpc) is 3.07. The van der Waals surface area contributed by atoms with Crippen molar-refractivity contribution in [2.24, 2.45) is 14.1 Å². The molecule has 0 spiro atoms. The van der Waals surface area contributed by atoms with E-state index in [0.717, 1.165) is 38.2 Å². The normalized spacial score (nSPS) is 11.5. The zero-order valence-corrected chi connectivity index (χ0v) is 17.0. The van der Waals surface area contributed by atoms with Crippen molar-refractivity contribution in [1.82, 2.24) is 18.7 Å². The maximum atomic E-state index is 12.9. The molecule has 0 aliphatic heterocycles. The molecule has 0 radical (unpaired) electrons. The van der Waals surface area contributed by atoms with E-state index in [1.165, 1.54) is 11.6 Å². The summed E-state index contributed by atoms with van der Waals surface area (Å²) >= 11 is 1.61. The molecule has 4 aromatic rings. The van der Waals surface area contributed by atoms with Gasteiger partial charge in [0, 0.05) is 19.8 Å². The van der Waals surface area contributed by atoms with Gasteiger partial charge in [0.2, 0.25) is 0 Å². The highest BCUT2D eigenvalue weighted by Crippen LogP contribution is 2.26. The minimum absolute atomic E-state index is 0.311. The highest BCUT2D eigenvalue weighted by atomic mass is 32.2. The molecule has 6 nitrogen and oxygen atoms in total. The van der Waals surface area contributed by atoms with E-state index in [1.54, 1.807) is 18.8 Å². The van der Waals surface area contributed by atoms with E-state index < -0.39 is 0 Å². The quantitative estimate of drug-likeness (QED) is 0.488. The Labute approximate surface area is 166 Å². The lowest BCUT2D eigenvalue weighted by atomic mass is 10.0. The van der Waals surface area contributed by atoms with E-state index in [0.29, 0.717) is 17.7 Å². The fourth-order valence-corrected chi connectivity index (χ4v) is 4.33. The minimum Gasteiger partial charge on any atom is -0.309 e. The van der Waals surface area contributed by atoms with Crippen LogP contribution in [0.25, 0.3) is 21.9 Å². The van der Waals surface area contributed by atoms with Crippen molar-refractivity contribution in [2.75, 3.05) is 5.75 Å². The second kappa shape index (κ2) is 7.31. The molecule has 0 aliphatic carbocycles. The van der Waals surface area contributed by atoms with Crippen LogP contribution < -0.4 is 11.2 Å². The molecule has 0 atom stereocenters. The maximum Gasteiger partial charge on any atom is 0.332 e. The molecule has 0 fully saturated rings. The molecule has 0 saturated carbocycles. The van der Waals surface area contributed by atoms with Crippen molar-refractivity contribution in [3.63, 3.8) is 0 Å². The summed E-state index contributed by atoms with van der Waals surface area (Å²) in [6.45, 7) is 2.64. The van der Waals surface area contributed by atoms with Crippen molar-refractivity contribution >= 4 is 33.7 Å². The van der Waals surface area contributed by atoms with Gasteiger partial charge in [0.25, 0.3) is 5.56 Å². The van der Waals surface area contributed by atoms with Gasteiger partial charge < -0.3 is 4.57 Å². The summed E-state index contributed by atoms with van der Waals surface area (Å²) in [5.41, 5.74) is 1.35. The Balaban J connectivity index is 1.99. The van der Waals surface area contributed by atoms with E-state index in [4.69, 9.17) is 0 Å². The van der Waals surface area contributed by atoms with Crippen molar-refractivity contribution < 1.29 is 0 Å². The lowest BCUT2D eigenvalue weighted by Crippen LogP contribution is -2.37. The number of rotatable bonds is 5. The molecule has 0 bridgehead atoms. The van der Waals surface area contributed by atoms with Crippen molar-refractivity contribution in [1.29, 1.82) is 0 Å². The summed E-state index contributed by atoms with van der Waals surface area (Å²) in [6, 6.07) is 14.4. The Bertz CT molecular complexity index is 1290. The van der Waals surface area contributed by atoms with E-state index in [2.05, 4.69) is 36.2 Å². The fraction of sp³-hybridized carbons (Fsp3) is 0.286. The van der Waals surface area contributed by atoms with Gasteiger partial charge >= 0.3 is 5.69 Å². The monoisotopic (exact) mass is 394 g/mol. The molecule has 4 rings (SSSR count). The summed E-state index contributed by atoms with van der Waals surface area (Å²) in [5, 5.41) is 3.08. The summed E-state index contributed by atoms with van der Waals surface area (Å²) in [4.78, 5) is 29.9. The molecule has 2 aromatic carbocycles. The van der Waals surface area contributed by atoms with Gasteiger partial charge in [0.05, 0.1) is 6.54 Å². The lowest BCUT2D eigenvalue weighted by molar-refractivity contribution is 0.697. The third-order valence-corrected chi connectivity index (χ3v) is 6.14. The van der Waals surface area contributed by atoms with Crippen LogP contribution in [0.2, 0.25) is 0 Å². The molecular formula is C21H22N4O2S. The van der Waals surface area contributed by atoms with Gasteiger partial charge in [-0.1, -0.05) is 61.2 Å². The fourth-order valence-electron chi connectivity index (χ4n) is 3.48. The van der Waals surface area contributed by atoms with Gasteiger partial charge in [-0.2, -0.15) is 0 Å². The topological polar surface area (TPSA) is 61.8 Å². The third kappa shape index (κ3) is 2.96. The SMILES string of the molecule is CCCSc1nc2c(c(=O)n(C)c(=O)n2C)n1Cc1cccc2ccccc12. The lowest BCUT2D eigenvalue weighted by Gasteiger charge is -2.11. The molecule has 0 amide bonds. The molecular weight excluding hydrogens is 372 g/mol. The largest absolute Gasteiger partial charge is 0.332 e. The van der Waals surface area contributed by atoms with Gasteiger partial charge in [-0.15, -0.1) is 0 Å². The first-order valence-electron chi connectivity index (χ1n) is 9.28. The van der Waals surface area contributed by atoms with Crippen LogP contribution in [0, 0.1) is 0 Å². The molecule has 0 unspecified atom stereocenters. The predicted octanol–water partition coefficient (Wildman–Crippen LogP) is 3.14. The predicted molar refractivity (Wildman–Crippen MR) is 114 cm³/mol. The van der Waals surface area contributed by atoms with Crippen LogP contribution in [0.15, 0.2) is 57.2 Å². The molecule has 28 heavy (non-hydrogen) atoms. The molecule has 7 heteroatoms. The van der Waals surface area contributed by atoms with Gasteiger partial charge in [0.15, 0.2) is 16.3 Å². The van der Waals surface area contributed by atoms with Crippen LogP contribution in [0.5, 0.6) is 0 Å². The van der Waals surface area contributed by atoms with Crippen molar-refractivity contribution in [2.45, 2.75) is 25.0 Å². The number of fused-ring (bicyclic) bond motifs is 2. The summed E-state index contributed by atoms with van der Waals surface area (Å²) in [5.74, 6) is 0.896. The molecule has 0 saturated heterocycles. The maximum absolute atomic E-state index is 12.9. The Hall–Kier alpha value is -2.80. The number of aryl methyl sites for hydroxylation is 1. The number of imidazole rings is 1. The summed E-state index contributed by atoms with van der Waals surface area (Å²) in [6.07, 6.45) is 0.999. The molecule has 2 aromatic heterocycles. The third-order valence-electron chi connectivity index (χ3n) is 4.96. The zero-order valence-electron chi connectivity index (χ0n) is 16.2. The average molecular weight is 395 g/mol. The van der Waals surface area contributed by atoms with Gasteiger partial charge in [-0.25, -0.2) is 9.78 Å². The van der Waals surface area contributed by atoms with Crippen molar-refractivity contribution in [3.8, 4) is 0 Å². The first-order valence-corrected chi connectivity index (χ1v) is 10.3. The van der Waals surface area contributed by atoms with E-state index >= 15 is 0 Å². The molecule has 144 valence electrons. The van der Waals surface area contributed by atoms with E-state index in [-0.39, 0.29) is 11.2 Å². The number of aromatic nitrogens is 4. The number of hydrogen-bond acceptors (Lipinski definition) is 4. The van der Waals surface area contributed by atoms with Crippen molar-refractivity contribution in [3.05, 3.63) is 68.9 Å². The molecule has 0 aliphatic rings. The highest BCUT2D eigenvalue weighted by Gasteiger charge is 2.20. The minimum atomic E-state index is -0.362.